The van der Waals surface area contributed by atoms with Gasteiger partial charge in [-0.25, -0.2) is 0 Å². The summed E-state index contributed by atoms with van der Waals surface area (Å²) in [6.45, 7) is 0. The van der Waals surface area contributed by atoms with Crippen LogP contribution in [0.1, 0.15) is 20.7 Å². The fourth-order valence-corrected chi connectivity index (χ4v) is 1.90. The molecular formula is C12H10O7. The van der Waals surface area contributed by atoms with Crippen molar-refractivity contribution < 1.29 is 34.4 Å². The molecule has 1 aromatic carbocycles. The number of benzene rings is 1. The highest BCUT2D eigenvalue weighted by atomic mass is 16.5. The summed E-state index contributed by atoms with van der Waals surface area (Å²) in [4.78, 5) is 24.2. The molecule has 0 unspecified atom stereocenters. The molecule has 0 heterocycles. The predicted molar refractivity (Wildman–Crippen MR) is 61.1 cm³/mol. The Morgan fingerprint density at radius 3 is 1.79 bits per heavy atom. The van der Waals surface area contributed by atoms with Crippen LogP contribution >= 0.6 is 0 Å². The van der Waals surface area contributed by atoms with E-state index in [2.05, 4.69) is 0 Å². The molecule has 0 aliphatic heterocycles. The quantitative estimate of drug-likeness (QED) is 0.533. The molecule has 19 heavy (non-hydrogen) atoms. The lowest BCUT2D eigenvalue weighted by Crippen LogP contribution is -2.24. The molecule has 0 amide bonds. The first-order valence-corrected chi connectivity index (χ1v) is 5.13. The molecule has 0 saturated carbocycles. The Morgan fingerprint density at radius 2 is 1.32 bits per heavy atom. The molecule has 3 N–H and O–H groups in total. The highest BCUT2D eigenvalue weighted by Crippen LogP contribution is 2.42. The minimum Gasteiger partial charge on any atom is -0.507 e. The van der Waals surface area contributed by atoms with Gasteiger partial charge < -0.3 is 24.8 Å². The van der Waals surface area contributed by atoms with Crippen LogP contribution in [-0.4, -0.2) is 41.1 Å². The summed E-state index contributed by atoms with van der Waals surface area (Å²) >= 11 is 0. The first-order valence-electron chi connectivity index (χ1n) is 5.13. The average Bonchev–Trinajstić information content (AvgIpc) is 2.37. The Kier molecular flexibility index (Phi) is 2.82. The van der Waals surface area contributed by atoms with E-state index in [9.17, 15) is 24.9 Å². The third-order valence-electron chi connectivity index (χ3n) is 2.74. The van der Waals surface area contributed by atoms with Crippen molar-refractivity contribution in [2.24, 2.45) is 0 Å². The molecule has 0 radical (unpaired) electrons. The lowest BCUT2D eigenvalue weighted by Gasteiger charge is -2.20. The fourth-order valence-electron chi connectivity index (χ4n) is 1.90. The number of hydrogen-bond acceptors (Lipinski definition) is 7. The van der Waals surface area contributed by atoms with Crippen molar-refractivity contribution >= 4 is 11.6 Å². The molecule has 1 aromatic rings. The van der Waals surface area contributed by atoms with E-state index in [1.165, 1.54) is 7.11 Å². The maximum absolute atomic E-state index is 12.1. The van der Waals surface area contributed by atoms with E-state index in [4.69, 9.17) is 9.47 Å². The van der Waals surface area contributed by atoms with E-state index in [0.717, 1.165) is 13.2 Å². The molecular weight excluding hydrogens is 256 g/mol. The van der Waals surface area contributed by atoms with E-state index >= 15 is 0 Å². The van der Waals surface area contributed by atoms with Gasteiger partial charge in [-0.1, -0.05) is 0 Å². The Balaban J connectivity index is 2.84. The van der Waals surface area contributed by atoms with Gasteiger partial charge in [-0.15, -0.1) is 0 Å². The van der Waals surface area contributed by atoms with E-state index in [1.54, 1.807) is 0 Å². The summed E-state index contributed by atoms with van der Waals surface area (Å²) in [6.07, 6.45) is 0. The summed E-state index contributed by atoms with van der Waals surface area (Å²) in [5.74, 6) is -4.60. The van der Waals surface area contributed by atoms with Crippen molar-refractivity contribution in [3.05, 3.63) is 28.7 Å². The number of methoxy groups -OCH3 is 2. The Labute approximate surface area is 107 Å². The zero-order valence-corrected chi connectivity index (χ0v) is 10.1. The molecule has 0 fully saturated rings. The van der Waals surface area contributed by atoms with Crippen molar-refractivity contribution in [2.45, 2.75) is 0 Å². The van der Waals surface area contributed by atoms with Crippen LogP contribution in [0.3, 0.4) is 0 Å². The van der Waals surface area contributed by atoms with Gasteiger partial charge >= 0.3 is 0 Å². The second kappa shape index (κ2) is 4.20. The molecule has 0 saturated heterocycles. The van der Waals surface area contributed by atoms with Crippen molar-refractivity contribution in [3.63, 3.8) is 0 Å². The smallest absolute Gasteiger partial charge is 0.236 e. The lowest BCUT2D eigenvalue weighted by atomic mass is 9.90. The number of hydrogen-bond donors (Lipinski definition) is 3. The van der Waals surface area contributed by atoms with Crippen molar-refractivity contribution in [3.8, 4) is 17.2 Å². The van der Waals surface area contributed by atoms with Crippen molar-refractivity contribution in [2.75, 3.05) is 14.2 Å². The van der Waals surface area contributed by atoms with E-state index in [0.29, 0.717) is 0 Å². The van der Waals surface area contributed by atoms with E-state index < -0.39 is 45.7 Å². The fraction of sp³-hybridized carbons (Fsp3) is 0.167. The number of ether oxygens (including phenoxy) is 2. The van der Waals surface area contributed by atoms with Gasteiger partial charge in [-0.05, 0) is 0 Å². The van der Waals surface area contributed by atoms with Gasteiger partial charge in [-0.2, -0.15) is 0 Å². The number of phenols is 3. The van der Waals surface area contributed by atoms with Crippen LogP contribution in [0.2, 0.25) is 0 Å². The molecule has 0 spiro atoms. The lowest BCUT2D eigenvalue weighted by molar-refractivity contribution is 0.0823. The monoisotopic (exact) mass is 266 g/mol. The molecule has 1 aliphatic rings. The number of aromatic hydroxyl groups is 3. The number of ketones is 2. The molecule has 2 rings (SSSR count). The first kappa shape index (κ1) is 12.7. The van der Waals surface area contributed by atoms with Crippen LogP contribution in [0, 0.1) is 0 Å². The first-order chi connectivity index (χ1) is 8.93. The number of rotatable bonds is 2. The Morgan fingerprint density at radius 1 is 0.842 bits per heavy atom. The number of fused-ring (bicyclic) bond motifs is 1. The van der Waals surface area contributed by atoms with Crippen molar-refractivity contribution in [1.29, 1.82) is 0 Å². The summed E-state index contributed by atoms with van der Waals surface area (Å²) in [5.41, 5.74) is -0.946. The number of allylic oxidation sites excluding steroid dienone is 2. The SMILES string of the molecule is COC1=C(OC)C(=O)c2c(O)c(O)cc(O)c2C1=O. The highest BCUT2D eigenvalue weighted by molar-refractivity contribution is 6.27. The molecule has 1 aliphatic carbocycles. The number of carbonyl (C=O) groups is 2. The Bertz CT molecular complexity index is 627. The van der Waals surface area contributed by atoms with Gasteiger partial charge in [0.05, 0.1) is 25.3 Å². The summed E-state index contributed by atoms with van der Waals surface area (Å²) in [7, 11) is 2.33. The molecule has 0 aromatic heterocycles. The Hall–Kier alpha value is -2.70. The van der Waals surface area contributed by atoms with Crippen LogP contribution in [0.25, 0.3) is 0 Å². The molecule has 0 bridgehead atoms. The second-order valence-electron chi connectivity index (χ2n) is 3.74. The third kappa shape index (κ3) is 1.59. The van der Waals surface area contributed by atoms with E-state index in [1.807, 2.05) is 0 Å². The van der Waals surface area contributed by atoms with Crippen LogP contribution in [-0.2, 0) is 9.47 Å². The van der Waals surface area contributed by atoms with Crippen LogP contribution in [0.15, 0.2) is 17.6 Å². The number of Topliss-reactive ketones (excluding diaryl/α,β-unsaturated/α-hetero) is 2. The number of carbonyl (C=O) groups excluding carboxylic acids is 2. The average molecular weight is 266 g/mol. The largest absolute Gasteiger partial charge is 0.507 e. The predicted octanol–water partition coefficient (Wildman–Crippen LogP) is 0.687. The van der Waals surface area contributed by atoms with Gasteiger partial charge in [0.15, 0.2) is 11.5 Å². The topological polar surface area (TPSA) is 113 Å². The molecule has 100 valence electrons. The van der Waals surface area contributed by atoms with Crippen molar-refractivity contribution in [1.82, 2.24) is 0 Å². The van der Waals surface area contributed by atoms with Gasteiger partial charge in [0.1, 0.15) is 5.75 Å². The van der Waals surface area contributed by atoms with Crippen LogP contribution in [0.4, 0.5) is 0 Å². The molecule has 7 heteroatoms. The maximum Gasteiger partial charge on any atom is 0.236 e. The molecule has 0 atom stereocenters. The van der Waals surface area contributed by atoms with Crippen LogP contribution < -0.4 is 0 Å². The van der Waals surface area contributed by atoms with Gasteiger partial charge in [0.2, 0.25) is 23.1 Å². The van der Waals surface area contributed by atoms with Gasteiger partial charge in [0.25, 0.3) is 0 Å². The molecule has 7 nitrogen and oxygen atoms in total. The summed E-state index contributed by atoms with van der Waals surface area (Å²) < 4.78 is 9.57. The second-order valence-corrected chi connectivity index (χ2v) is 3.74. The maximum atomic E-state index is 12.1. The zero-order valence-electron chi connectivity index (χ0n) is 10.1. The highest BCUT2D eigenvalue weighted by Gasteiger charge is 2.39. The minimum atomic E-state index is -0.863. The standard InChI is InChI=1S/C12H10O7/c1-18-11-9(16)6-4(13)3-5(14)8(15)7(6)10(17)12(11)19-2/h3,13-15H,1-2H3. The summed E-state index contributed by atoms with van der Waals surface area (Å²) in [6, 6.07) is 0.768. The normalized spacial score (nSPS) is 14.4. The third-order valence-corrected chi connectivity index (χ3v) is 2.74. The van der Waals surface area contributed by atoms with Gasteiger partial charge in [-0.3, -0.25) is 9.59 Å². The van der Waals surface area contributed by atoms with Crippen LogP contribution in [0.5, 0.6) is 17.2 Å². The minimum absolute atomic E-state index is 0.375. The summed E-state index contributed by atoms with van der Waals surface area (Å²) in [5, 5.41) is 28.7. The number of phenolic OH excluding ortho intramolecular Hbond substituents is 3. The van der Waals surface area contributed by atoms with Gasteiger partial charge in [0, 0.05) is 6.07 Å². The zero-order chi connectivity index (χ0) is 14.3. The van der Waals surface area contributed by atoms with E-state index in [-0.39, 0.29) is 5.76 Å².